The Morgan fingerprint density at radius 3 is 2.13 bits per heavy atom. The maximum atomic E-state index is 13.5. The number of pyridine rings is 1. The van der Waals surface area contributed by atoms with E-state index in [4.69, 9.17) is 4.74 Å². The Hall–Kier alpha value is -3.62. The zero-order valence-electron chi connectivity index (χ0n) is 20.3. The van der Waals surface area contributed by atoms with Crippen molar-refractivity contribution in [1.29, 1.82) is 0 Å². The number of hydrogen-bond donors (Lipinski definition) is 4. The van der Waals surface area contributed by atoms with Crippen LogP contribution in [0, 0.1) is 10.4 Å². The molecule has 0 unspecified atom stereocenters. The first kappa shape index (κ1) is 27.0. The van der Waals surface area contributed by atoms with Crippen molar-refractivity contribution in [2.45, 2.75) is 18.3 Å². The second-order valence-corrected chi connectivity index (χ2v) is 9.19. The van der Waals surface area contributed by atoms with Crippen molar-refractivity contribution in [1.82, 2.24) is 4.98 Å². The van der Waals surface area contributed by atoms with Gasteiger partial charge in [-0.2, -0.15) is 0 Å². The summed E-state index contributed by atoms with van der Waals surface area (Å²) in [6, 6.07) is 3.21. The summed E-state index contributed by atoms with van der Waals surface area (Å²) in [5.74, 6) is -4.52. The summed E-state index contributed by atoms with van der Waals surface area (Å²) in [6.45, 7) is 0. The molecular formula is C26H14KNO11. The molecular weight excluding hydrogens is 541 g/mol. The first-order valence-corrected chi connectivity index (χ1v) is 11.2. The van der Waals surface area contributed by atoms with Gasteiger partial charge in [-0.05, 0) is 29.9 Å². The van der Waals surface area contributed by atoms with Crippen molar-refractivity contribution in [3.63, 3.8) is 0 Å². The predicted octanol–water partition coefficient (Wildman–Crippen LogP) is -6.12. The van der Waals surface area contributed by atoms with Crippen LogP contribution in [0.4, 0.5) is 0 Å². The molecule has 1 heterocycles. The number of methoxy groups -OCH3 is 1. The van der Waals surface area contributed by atoms with Crippen molar-refractivity contribution in [3.8, 4) is 11.5 Å². The number of aromatic carboxylic acids is 1. The Morgan fingerprint density at radius 1 is 0.923 bits per heavy atom. The Kier molecular flexibility index (Phi) is 6.01. The van der Waals surface area contributed by atoms with Crippen LogP contribution in [0.5, 0.6) is 11.5 Å². The first-order chi connectivity index (χ1) is 17.9. The number of aromatic nitrogens is 1. The second-order valence-electron chi connectivity index (χ2n) is 9.19. The Balaban J connectivity index is 0.00000308. The van der Waals surface area contributed by atoms with Crippen LogP contribution < -0.4 is 98.9 Å². The van der Waals surface area contributed by atoms with Gasteiger partial charge in [0, 0.05) is 11.6 Å². The van der Waals surface area contributed by atoms with Gasteiger partial charge in [0.05, 0.1) is 45.0 Å². The van der Waals surface area contributed by atoms with Gasteiger partial charge in [0.2, 0.25) is 16.3 Å². The van der Waals surface area contributed by atoms with Crippen molar-refractivity contribution >= 4 is 28.3 Å². The Labute approximate surface area is 256 Å². The van der Waals surface area contributed by atoms with E-state index >= 15 is 0 Å². The number of ether oxygens (including phenoxy) is 1. The number of aromatic hydroxyl groups is 1. The summed E-state index contributed by atoms with van der Waals surface area (Å²) in [5, 5.41) is 41.9. The maximum absolute atomic E-state index is 13.5. The molecule has 0 fully saturated rings. The third-order valence-corrected chi connectivity index (χ3v) is 7.47. The fourth-order valence-electron chi connectivity index (χ4n) is 5.86. The maximum Gasteiger partial charge on any atom is 1.00 e. The number of aromatic amines is 1. The molecule has 39 heavy (non-hydrogen) atoms. The number of phenolic OH excluding ortho intramolecular Hbond substituents is 1. The van der Waals surface area contributed by atoms with Crippen LogP contribution in [0.3, 0.4) is 0 Å². The topological polar surface area (TPSA) is 211 Å². The smallest absolute Gasteiger partial charge is 0.543 e. The molecule has 2 aromatic rings. The van der Waals surface area contributed by atoms with E-state index in [-0.39, 0.29) is 86.1 Å². The van der Waals surface area contributed by atoms with Crippen LogP contribution in [0.25, 0.3) is 22.3 Å². The van der Waals surface area contributed by atoms with Crippen LogP contribution in [0.2, 0.25) is 0 Å². The second kappa shape index (κ2) is 8.69. The Bertz CT molecular complexity index is 2300. The quantitative estimate of drug-likeness (QED) is 0.171. The van der Waals surface area contributed by atoms with Gasteiger partial charge in [0.15, 0.2) is 11.2 Å². The number of benzene rings is 1. The summed E-state index contributed by atoms with van der Waals surface area (Å²) >= 11 is 0. The van der Waals surface area contributed by atoms with E-state index in [9.17, 15) is 49.2 Å². The molecule has 0 bridgehead atoms. The molecule has 13 heteroatoms. The number of phenols is 1. The molecule has 12 nitrogen and oxygen atoms in total. The number of aryl methyl sites for hydroxylation is 1. The van der Waals surface area contributed by atoms with E-state index in [0.29, 0.717) is 0 Å². The van der Waals surface area contributed by atoms with E-state index in [0.717, 1.165) is 19.2 Å². The van der Waals surface area contributed by atoms with Crippen molar-refractivity contribution in [2.24, 2.45) is 0 Å². The van der Waals surface area contributed by atoms with Gasteiger partial charge in [0.1, 0.15) is 22.7 Å². The molecule has 1 atom stereocenters. The number of nitrogens with one attached hydrogen (secondary N) is 1. The van der Waals surface area contributed by atoms with Gasteiger partial charge in [-0.15, -0.1) is 0 Å². The number of carbonyl (C=O) groups is 1. The number of H-pyrrole nitrogens is 1. The number of carboxylic acids is 1. The molecule has 0 saturated heterocycles. The number of carboxylic acid groups (broad SMARTS) is 1. The van der Waals surface area contributed by atoms with Crippen LogP contribution in [-0.2, 0) is 11.8 Å². The van der Waals surface area contributed by atoms with E-state index in [1.165, 1.54) is 6.07 Å². The molecule has 0 aliphatic heterocycles. The normalized spacial score (nSPS) is 17.5. The number of fused-ring (bicyclic) bond motifs is 4. The summed E-state index contributed by atoms with van der Waals surface area (Å²) in [7, 11) is 1.09. The van der Waals surface area contributed by atoms with Gasteiger partial charge >= 0.3 is 51.4 Å². The molecule has 190 valence electrons. The largest absolute Gasteiger partial charge is 1.00 e. The van der Waals surface area contributed by atoms with Crippen molar-refractivity contribution in [2.75, 3.05) is 7.11 Å². The minimum absolute atomic E-state index is 0. The Morgan fingerprint density at radius 2 is 1.54 bits per heavy atom. The summed E-state index contributed by atoms with van der Waals surface area (Å²) in [5.41, 5.74) is -7.85. The summed E-state index contributed by atoms with van der Waals surface area (Å²) in [4.78, 5) is 78.3. The number of hydrogen-bond acceptors (Lipinski definition) is 11. The van der Waals surface area contributed by atoms with Gasteiger partial charge < -0.3 is 34.9 Å². The molecule has 0 saturated carbocycles. The molecule has 4 N–H and O–H groups in total. The fourth-order valence-corrected chi connectivity index (χ4v) is 5.86. The van der Waals surface area contributed by atoms with E-state index in [1.807, 2.05) is 0 Å². The standard InChI is InChI=1S/C26H15NO11.K/c1-38-11-6-10(28)13-14(18(11)29)20(31)16-15(19(13)30)22(33)26(23(16)34)3-2-7-4-8-5-9(25(36)37)27-24(35)12(8)21(32)17(7)26;/h4-6,32-34H,2-3H2,1H3,(H,27,35)(H,36,37);/q;+1/p-1/t26-;/m0./s1. The minimum Gasteiger partial charge on any atom is -0.543 e. The molecule has 1 spiro atoms. The van der Waals surface area contributed by atoms with E-state index < -0.39 is 88.2 Å². The first-order valence-electron chi connectivity index (χ1n) is 11.2. The SMILES string of the molecule is COc1cc(=O)c2c(=O)c3c(c(=O)c=2c1=O)=C(O)[C@]1(CCc2cc4cc(C(=O)[O-])[nH]c(=O)c4c(O)c21)C=3O.[K+]. The third-order valence-electron chi connectivity index (χ3n) is 7.47. The number of aliphatic hydroxyl groups is 2. The number of carbonyl (C=O) groups excluding carboxylic acids is 1. The van der Waals surface area contributed by atoms with Gasteiger partial charge in [0.25, 0.3) is 5.56 Å². The van der Waals surface area contributed by atoms with Gasteiger partial charge in [-0.1, -0.05) is 6.07 Å². The van der Waals surface area contributed by atoms with Gasteiger partial charge in [-0.25, -0.2) is 0 Å². The third kappa shape index (κ3) is 3.18. The molecule has 6 rings (SSSR count). The summed E-state index contributed by atoms with van der Waals surface area (Å²) in [6.07, 6.45) is -0.111. The van der Waals surface area contributed by atoms with E-state index in [2.05, 4.69) is 4.98 Å². The predicted molar refractivity (Wildman–Crippen MR) is 128 cm³/mol. The van der Waals surface area contributed by atoms with Crippen molar-refractivity contribution in [3.05, 3.63) is 107 Å². The zero-order valence-corrected chi connectivity index (χ0v) is 23.4. The average Bonchev–Trinajstić information content (AvgIpc) is 3.36. The molecule has 1 aromatic carbocycles. The van der Waals surface area contributed by atoms with Crippen LogP contribution in [0.1, 0.15) is 28.0 Å². The summed E-state index contributed by atoms with van der Waals surface area (Å²) < 4.78 is 4.84. The fraction of sp³-hybridized carbons (Fsp3) is 0.154. The molecule has 1 aromatic heterocycles. The molecule has 0 radical (unpaired) electrons. The van der Waals surface area contributed by atoms with Crippen LogP contribution >= 0.6 is 0 Å². The van der Waals surface area contributed by atoms with Gasteiger partial charge in [-0.3, -0.25) is 24.0 Å². The molecule has 4 aliphatic rings. The van der Waals surface area contributed by atoms with Crippen molar-refractivity contribution < 1.29 is 81.3 Å². The minimum atomic E-state index is -2.04. The number of aliphatic hydroxyl groups excluding tert-OH is 2. The number of rotatable bonds is 2. The van der Waals surface area contributed by atoms with E-state index in [1.54, 1.807) is 0 Å². The molecule has 4 aliphatic carbocycles. The van der Waals surface area contributed by atoms with Crippen LogP contribution in [0.15, 0.2) is 42.2 Å². The zero-order chi connectivity index (χ0) is 27.4. The monoisotopic (exact) mass is 555 g/mol. The molecule has 0 amide bonds. The average molecular weight is 555 g/mol. The van der Waals surface area contributed by atoms with Crippen LogP contribution in [-0.4, -0.2) is 33.4 Å².